The lowest BCUT2D eigenvalue weighted by Crippen LogP contribution is -2.44. The van der Waals surface area contributed by atoms with Gasteiger partial charge in [-0.1, -0.05) is 19.1 Å². The molecule has 16 heavy (non-hydrogen) atoms. The van der Waals surface area contributed by atoms with Gasteiger partial charge in [0.25, 0.3) is 0 Å². The van der Waals surface area contributed by atoms with Crippen LogP contribution in [0.4, 0.5) is 0 Å². The third kappa shape index (κ3) is 4.33. The molecule has 1 amide bonds. The van der Waals surface area contributed by atoms with E-state index >= 15 is 0 Å². The highest BCUT2D eigenvalue weighted by Gasteiger charge is 2.28. The molecule has 2 atom stereocenters. The van der Waals surface area contributed by atoms with Gasteiger partial charge in [-0.05, 0) is 25.8 Å². The SMILES string of the molecule is C=C(C)COCCNC(=O)C1NCCC1C. The zero-order valence-electron chi connectivity index (χ0n) is 10.2. The van der Waals surface area contributed by atoms with Crippen molar-refractivity contribution >= 4 is 5.91 Å². The molecule has 0 saturated carbocycles. The molecule has 1 fully saturated rings. The second-order valence-electron chi connectivity index (χ2n) is 4.50. The third-order valence-corrected chi connectivity index (χ3v) is 2.71. The first-order chi connectivity index (χ1) is 7.61. The average Bonchev–Trinajstić information content (AvgIpc) is 2.63. The normalized spacial score (nSPS) is 24.4. The van der Waals surface area contributed by atoms with Crippen LogP contribution in [0.2, 0.25) is 0 Å². The van der Waals surface area contributed by atoms with Crippen molar-refractivity contribution in [1.29, 1.82) is 0 Å². The molecule has 4 nitrogen and oxygen atoms in total. The molecule has 0 aromatic heterocycles. The van der Waals surface area contributed by atoms with E-state index in [1.165, 1.54) is 0 Å². The largest absolute Gasteiger partial charge is 0.375 e. The number of hydrogen-bond donors (Lipinski definition) is 2. The Labute approximate surface area is 97.4 Å². The summed E-state index contributed by atoms with van der Waals surface area (Å²) in [5, 5.41) is 6.07. The summed E-state index contributed by atoms with van der Waals surface area (Å²) in [6.45, 7) is 10.4. The van der Waals surface area contributed by atoms with Crippen LogP contribution in [0.1, 0.15) is 20.3 Å². The summed E-state index contributed by atoms with van der Waals surface area (Å²) in [7, 11) is 0. The Hall–Kier alpha value is -0.870. The highest BCUT2D eigenvalue weighted by atomic mass is 16.5. The van der Waals surface area contributed by atoms with Gasteiger partial charge in [0.1, 0.15) is 0 Å². The van der Waals surface area contributed by atoms with E-state index < -0.39 is 0 Å². The van der Waals surface area contributed by atoms with Crippen LogP contribution in [0.5, 0.6) is 0 Å². The smallest absolute Gasteiger partial charge is 0.237 e. The average molecular weight is 226 g/mol. The molecule has 1 aliphatic heterocycles. The number of amides is 1. The van der Waals surface area contributed by atoms with Gasteiger partial charge in [-0.15, -0.1) is 0 Å². The molecule has 1 aliphatic rings. The zero-order chi connectivity index (χ0) is 12.0. The van der Waals surface area contributed by atoms with Gasteiger partial charge in [-0.3, -0.25) is 4.79 Å². The van der Waals surface area contributed by atoms with E-state index in [0.717, 1.165) is 18.5 Å². The highest BCUT2D eigenvalue weighted by Crippen LogP contribution is 2.13. The van der Waals surface area contributed by atoms with Crippen molar-refractivity contribution in [3.8, 4) is 0 Å². The Morgan fingerprint density at radius 3 is 2.94 bits per heavy atom. The fourth-order valence-corrected chi connectivity index (χ4v) is 1.79. The summed E-state index contributed by atoms with van der Waals surface area (Å²) >= 11 is 0. The van der Waals surface area contributed by atoms with Crippen molar-refractivity contribution in [2.24, 2.45) is 5.92 Å². The van der Waals surface area contributed by atoms with Crippen LogP contribution >= 0.6 is 0 Å². The summed E-state index contributed by atoms with van der Waals surface area (Å²) in [5.41, 5.74) is 0.998. The van der Waals surface area contributed by atoms with Crippen molar-refractivity contribution in [2.75, 3.05) is 26.3 Å². The molecular formula is C12H22N2O2. The van der Waals surface area contributed by atoms with Gasteiger partial charge < -0.3 is 15.4 Å². The predicted molar refractivity (Wildman–Crippen MR) is 64.2 cm³/mol. The van der Waals surface area contributed by atoms with E-state index in [4.69, 9.17) is 4.74 Å². The highest BCUT2D eigenvalue weighted by molar-refractivity contribution is 5.82. The van der Waals surface area contributed by atoms with Gasteiger partial charge in [0.15, 0.2) is 0 Å². The first-order valence-corrected chi connectivity index (χ1v) is 5.84. The Bertz CT molecular complexity index is 253. The quantitative estimate of drug-likeness (QED) is 0.517. The number of ether oxygens (including phenoxy) is 1. The Morgan fingerprint density at radius 1 is 1.62 bits per heavy atom. The maximum absolute atomic E-state index is 11.7. The molecule has 0 aromatic carbocycles. The topological polar surface area (TPSA) is 50.4 Å². The second-order valence-corrected chi connectivity index (χ2v) is 4.50. The molecular weight excluding hydrogens is 204 g/mol. The van der Waals surface area contributed by atoms with E-state index in [2.05, 4.69) is 24.1 Å². The number of carbonyl (C=O) groups is 1. The minimum absolute atomic E-state index is 0.0267. The fraction of sp³-hybridized carbons (Fsp3) is 0.750. The molecule has 92 valence electrons. The van der Waals surface area contributed by atoms with Crippen LogP contribution in [-0.2, 0) is 9.53 Å². The molecule has 2 N–H and O–H groups in total. The molecule has 0 aliphatic carbocycles. The molecule has 0 spiro atoms. The van der Waals surface area contributed by atoms with Crippen molar-refractivity contribution in [3.05, 3.63) is 12.2 Å². The van der Waals surface area contributed by atoms with Crippen LogP contribution in [0, 0.1) is 5.92 Å². The van der Waals surface area contributed by atoms with Crippen LogP contribution in [0.3, 0.4) is 0 Å². The van der Waals surface area contributed by atoms with E-state index in [-0.39, 0.29) is 11.9 Å². The van der Waals surface area contributed by atoms with E-state index in [1.807, 2.05) is 6.92 Å². The van der Waals surface area contributed by atoms with Crippen molar-refractivity contribution in [1.82, 2.24) is 10.6 Å². The van der Waals surface area contributed by atoms with Gasteiger partial charge in [0.2, 0.25) is 5.91 Å². The second kappa shape index (κ2) is 6.66. The summed E-state index contributed by atoms with van der Waals surface area (Å²) in [6.07, 6.45) is 1.07. The molecule has 4 heteroatoms. The summed E-state index contributed by atoms with van der Waals surface area (Å²) in [6, 6.07) is -0.0267. The molecule has 0 radical (unpaired) electrons. The maximum Gasteiger partial charge on any atom is 0.237 e. The standard InChI is InChI=1S/C12H22N2O2/c1-9(2)8-16-7-6-14-12(15)11-10(3)4-5-13-11/h10-11,13H,1,4-8H2,2-3H3,(H,14,15). The van der Waals surface area contributed by atoms with Crippen LogP contribution in [0.15, 0.2) is 12.2 Å². The van der Waals surface area contributed by atoms with E-state index in [9.17, 15) is 4.79 Å². The van der Waals surface area contributed by atoms with Crippen LogP contribution < -0.4 is 10.6 Å². The Kier molecular flexibility index (Phi) is 5.49. The van der Waals surface area contributed by atoms with Crippen molar-refractivity contribution in [3.63, 3.8) is 0 Å². The van der Waals surface area contributed by atoms with Crippen LogP contribution in [0.25, 0.3) is 0 Å². The lowest BCUT2D eigenvalue weighted by atomic mass is 10.0. The molecule has 1 heterocycles. The minimum atomic E-state index is -0.0267. The van der Waals surface area contributed by atoms with Crippen molar-refractivity contribution < 1.29 is 9.53 Å². The Balaban J connectivity index is 2.08. The van der Waals surface area contributed by atoms with E-state index in [1.54, 1.807) is 0 Å². The van der Waals surface area contributed by atoms with E-state index in [0.29, 0.717) is 25.7 Å². The maximum atomic E-state index is 11.7. The van der Waals surface area contributed by atoms with Gasteiger partial charge in [0, 0.05) is 6.54 Å². The number of rotatable bonds is 6. The lowest BCUT2D eigenvalue weighted by molar-refractivity contribution is -0.123. The number of hydrogen-bond acceptors (Lipinski definition) is 3. The van der Waals surface area contributed by atoms with Crippen molar-refractivity contribution in [2.45, 2.75) is 26.3 Å². The first-order valence-electron chi connectivity index (χ1n) is 5.84. The molecule has 1 saturated heterocycles. The van der Waals surface area contributed by atoms with Gasteiger partial charge in [0.05, 0.1) is 19.3 Å². The minimum Gasteiger partial charge on any atom is -0.375 e. The first kappa shape index (κ1) is 13.2. The van der Waals surface area contributed by atoms with Gasteiger partial charge in [-0.25, -0.2) is 0 Å². The summed E-state index contributed by atoms with van der Waals surface area (Å²) in [4.78, 5) is 11.7. The fourth-order valence-electron chi connectivity index (χ4n) is 1.79. The molecule has 1 rings (SSSR count). The van der Waals surface area contributed by atoms with Gasteiger partial charge >= 0.3 is 0 Å². The van der Waals surface area contributed by atoms with Gasteiger partial charge in [-0.2, -0.15) is 0 Å². The predicted octanol–water partition coefficient (Wildman–Crippen LogP) is 0.693. The van der Waals surface area contributed by atoms with Crippen LogP contribution in [-0.4, -0.2) is 38.3 Å². The molecule has 2 unspecified atom stereocenters. The number of nitrogens with one attached hydrogen (secondary N) is 2. The molecule has 0 bridgehead atoms. The molecule has 0 aromatic rings. The summed E-state index contributed by atoms with van der Waals surface area (Å²) < 4.78 is 5.30. The third-order valence-electron chi connectivity index (χ3n) is 2.71. The lowest BCUT2D eigenvalue weighted by Gasteiger charge is -2.15. The Morgan fingerprint density at radius 2 is 2.38 bits per heavy atom. The zero-order valence-corrected chi connectivity index (χ0v) is 10.2. The monoisotopic (exact) mass is 226 g/mol. The number of carbonyl (C=O) groups excluding carboxylic acids is 1. The summed E-state index contributed by atoms with van der Waals surface area (Å²) in [5.74, 6) is 0.514.